The minimum absolute atomic E-state index is 0.0255. The van der Waals surface area contributed by atoms with Gasteiger partial charge in [-0.25, -0.2) is 18.7 Å². The molecule has 1 aliphatic heterocycles. The molecule has 0 unspecified atom stereocenters. The third-order valence-electron chi connectivity index (χ3n) is 23.0. The van der Waals surface area contributed by atoms with E-state index in [1.165, 1.54) is 20.8 Å². The molecule has 1 saturated heterocycles. The van der Waals surface area contributed by atoms with Crippen LogP contribution in [0, 0.1) is 11.3 Å². The van der Waals surface area contributed by atoms with E-state index in [1.54, 1.807) is 67.0 Å². The number of nitrogens with zero attached hydrogens (tertiary/aromatic N) is 14. The van der Waals surface area contributed by atoms with Crippen LogP contribution in [0.5, 0.6) is 23.0 Å². The van der Waals surface area contributed by atoms with Gasteiger partial charge in [-0.3, -0.25) is 33.2 Å². The Bertz CT molecular complexity index is 6620. The van der Waals surface area contributed by atoms with Gasteiger partial charge in [0.1, 0.15) is 45.4 Å². The highest BCUT2D eigenvalue weighted by atomic mass is 35.5. The van der Waals surface area contributed by atoms with Crippen LogP contribution in [0.3, 0.4) is 0 Å². The lowest BCUT2D eigenvalue weighted by atomic mass is 9.99. The van der Waals surface area contributed by atoms with Gasteiger partial charge >= 0.3 is 0 Å². The van der Waals surface area contributed by atoms with E-state index in [1.807, 2.05) is 244 Å². The van der Waals surface area contributed by atoms with E-state index in [-0.39, 0.29) is 55.0 Å². The first-order chi connectivity index (χ1) is 63.3. The number of benzene rings is 8. The van der Waals surface area contributed by atoms with E-state index < -0.39 is 22.4 Å². The number of carbonyl (C=O) groups is 4. The van der Waals surface area contributed by atoms with Crippen LogP contribution in [0.15, 0.2) is 213 Å². The lowest BCUT2D eigenvalue weighted by Gasteiger charge is -2.25. The highest BCUT2D eigenvalue weighted by Crippen LogP contribution is 2.39. The molecular formula is C104H118Cl2N14O13. The van der Waals surface area contributed by atoms with Crippen molar-refractivity contribution < 1.29 is 61.8 Å². The van der Waals surface area contributed by atoms with Crippen molar-refractivity contribution >= 4 is 79.0 Å². The molecule has 1 aliphatic rings. The quantitative estimate of drug-likeness (QED) is 0.0362. The summed E-state index contributed by atoms with van der Waals surface area (Å²) >= 11 is 13.0. The number of carbonyl (C=O) groups excluding carboxylic acids is 4. The van der Waals surface area contributed by atoms with Crippen molar-refractivity contribution in [2.24, 2.45) is 25.4 Å². The fraction of sp³-hybridized carbons (Fsp3) is 0.356. The molecule has 696 valence electrons. The maximum absolute atomic E-state index is 12.0. The lowest BCUT2D eigenvalue weighted by Crippen LogP contribution is -2.32. The Hall–Kier alpha value is -12.7. The normalized spacial score (nSPS) is 12.5. The molecule has 0 amide bonds. The van der Waals surface area contributed by atoms with Crippen molar-refractivity contribution in [2.45, 2.75) is 180 Å². The standard InChI is InChI=1S/C29H36N4O3.C27H32N4O4.C25H27ClN2O4.C23H23ClN4O2/c1-8-32-27-22(17-30-32)12-10-14-25(27)33-26(16-23(31-33)18-36-29(6,7)20(2)34)21-11-9-13-24(15-21)35-19-28(3,4)5;1-7-33-22-12-20(13-23(15-22)34-8-2)25-14-21(17-35-27(4,5)18(3)32)29-31(25)24-11-9-10-19-16-28-30(6)26(19)24;1-17(29)25(2,3)32-16-20-12-24(28(27-20)23-10-5-4-9-22(23)26)19-7-6-8-21(11-19)31-15-18-13-30-14-18;1-15(29)23(2,3)30-14-18-12-22(28(26-18)20-8-6-5-7-19(20)24)16-9-10-17-13-25-27(4)21(17)11-16/h9-17H,8,18-19H2,1-7H3;9-16H,7-8,17H2,1-6H3;4-12,18H,13-16H2,1-3H3;5-13H,14H2,1-4H3. The number of hydrogen-bond donors (Lipinski definition) is 0. The molecule has 29 heteroatoms. The second kappa shape index (κ2) is 42.0. The minimum Gasteiger partial charge on any atom is -0.494 e. The molecule has 0 N–H and O–H groups in total. The van der Waals surface area contributed by atoms with Gasteiger partial charge in [0.15, 0.2) is 23.1 Å². The van der Waals surface area contributed by atoms with E-state index in [0.29, 0.717) is 59.5 Å². The van der Waals surface area contributed by atoms with E-state index in [0.717, 1.165) is 149 Å². The van der Waals surface area contributed by atoms with Crippen molar-refractivity contribution in [3.63, 3.8) is 0 Å². The second-order valence-electron chi connectivity index (χ2n) is 35.9. The number of halogens is 2. The van der Waals surface area contributed by atoms with Crippen LogP contribution in [-0.4, -0.2) is 154 Å². The zero-order valence-electron chi connectivity index (χ0n) is 79.4. The lowest BCUT2D eigenvalue weighted by molar-refractivity contribution is -0.140. The summed E-state index contributed by atoms with van der Waals surface area (Å²) in [6.07, 6.45) is 5.56. The number of ketones is 4. The third-order valence-corrected chi connectivity index (χ3v) is 23.7. The largest absolute Gasteiger partial charge is 0.494 e. The Kier molecular flexibility index (Phi) is 30.9. The number of aromatic nitrogens is 14. The van der Waals surface area contributed by atoms with Crippen LogP contribution in [0.25, 0.3) is 100 Å². The van der Waals surface area contributed by atoms with E-state index in [2.05, 4.69) is 67.3 Å². The minimum atomic E-state index is -0.900. The van der Waals surface area contributed by atoms with Crippen LogP contribution < -0.4 is 18.9 Å². The van der Waals surface area contributed by atoms with Gasteiger partial charge in [-0.15, -0.1) is 0 Å². The molecule has 1 fully saturated rings. The summed E-state index contributed by atoms with van der Waals surface area (Å²) in [6.45, 7) is 38.1. The Balaban J connectivity index is 0.000000151. The SMILES string of the molecule is CC(=O)C(C)(C)OCc1cc(-c2ccc3cnn(C)c3c2)n(-c2ccccc2Cl)n1.CC(=O)C(C)(C)OCc1cc(-c2cccc(OCC3COC3)c2)n(-c2ccccc2Cl)n1.CCOc1cc(OCC)cc(-c2cc(COC(C)(C)C(C)=O)nn2-c2cccc3cnn(C)c23)c1.CCn1ncc2cccc(-n3nc(COC(C)(C)C(C)=O)cc3-c3cccc(OCC(C)(C)C)c3)c21. The molecule has 0 atom stereocenters. The summed E-state index contributed by atoms with van der Waals surface area (Å²) in [6, 6.07) is 63.2. The van der Waals surface area contributed by atoms with Crippen molar-refractivity contribution in [1.29, 1.82) is 0 Å². The molecule has 16 rings (SSSR count). The number of Topliss-reactive ketones (excluding diaryl/α,β-unsaturated/α-hetero) is 4. The predicted octanol–water partition coefficient (Wildman–Crippen LogP) is 21.4. The molecule has 7 aromatic heterocycles. The van der Waals surface area contributed by atoms with Crippen LogP contribution in [0.2, 0.25) is 10.0 Å². The first-order valence-electron chi connectivity index (χ1n) is 44.5. The Morgan fingerprint density at radius 1 is 0.383 bits per heavy atom. The summed E-state index contributed by atoms with van der Waals surface area (Å²) in [7, 11) is 3.83. The molecule has 0 radical (unpaired) electrons. The van der Waals surface area contributed by atoms with Gasteiger partial charge in [0.2, 0.25) is 0 Å². The van der Waals surface area contributed by atoms with Crippen LogP contribution in [0.4, 0.5) is 0 Å². The Morgan fingerprint density at radius 3 is 1.18 bits per heavy atom. The maximum Gasteiger partial charge on any atom is 0.161 e. The van der Waals surface area contributed by atoms with Gasteiger partial charge in [0.05, 0.1) is 180 Å². The molecule has 0 spiro atoms. The Morgan fingerprint density at radius 2 is 0.759 bits per heavy atom. The predicted molar refractivity (Wildman–Crippen MR) is 519 cm³/mol. The molecule has 27 nitrogen and oxygen atoms in total. The zero-order valence-corrected chi connectivity index (χ0v) is 80.9. The number of fused-ring (bicyclic) bond motifs is 3. The van der Waals surface area contributed by atoms with Crippen molar-refractivity contribution in [3.8, 4) is 90.8 Å². The monoisotopic (exact) mass is 1840 g/mol. The number of aryl methyl sites for hydroxylation is 3. The van der Waals surface area contributed by atoms with E-state index in [4.69, 9.17) is 86.2 Å². The van der Waals surface area contributed by atoms with E-state index in [9.17, 15) is 19.2 Å². The van der Waals surface area contributed by atoms with Crippen LogP contribution >= 0.6 is 23.2 Å². The zero-order chi connectivity index (χ0) is 95.4. The Labute approximate surface area is 786 Å². The van der Waals surface area contributed by atoms with Crippen LogP contribution in [-0.2, 0) is 89.9 Å². The van der Waals surface area contributed by atoms with Crippen LogP contribution in [0.1, 0.15) is 147 Å². The van der Waals surface area contributed by atoms with Gasteiger partial charge in [0, 0.05) is 71.0 Å². The molecule has 0 aliphatic carbocycles. The van der Waals surface area contributed by atoms with Gasteiger partial charge in [-0.2, -0.15) is 35.7 Å². The number of rotatable bonds is 34. The number of ether oxygens (including phenoxy) is 9. The topological polar surface area (TPSA) is 276 Å². The third kappa shape index (κ3) is 23.8. The molecule has 8 aromatic carbocycles. The van der Waals surface area contributed by atoms with Gasteiger partial charge in [-0.1, -0.05) is 129 Å². The average molecular weight is 1840 g/mol. The number of hydrogen-bond acceptors (Lipinski definition) is 20. The van der Waals surface area contributed by atoms with Gasteiger partial charge in [0.25, 0.3) is 0 Å². The molecule has 15 aromatic rings. The first-order valence-corrected chi connectivity index (χ1v) is 45.3. The molecule has 0 bridgehead atoms. The maximum atomic E-state index is 12.0. The van der Waals surface area contributed by atoms with E-state index >= 15 is 0 Å². The summed E-state index contributed by atoms with van der Waals surface area (Å²) < 4.78 is 65.7. The van der Waals surface area contributed by atoms with Gasteiger partial charge in [-0.05, 0) is 212 Å². The highest BCUT2D eigenvalue weighted by Gasteiger charge is 2.32. The summed E-state index contributed by atoms with van der Waals surface area (Å²) in [5.74, 6) is 3.34. The summed E-state index contributed by atoms with van der Waals surface area (Å²) in [4.78, 5) is 47.6. The highest BCUT2D eigenvalue weighted by molar-refractivity contribution is 6.32. The molecule has 0 saturated carbocycles. The molecule has 133 heavy (non-hydrogen) atoms. The van der Waals surface area contributed by atoms with Gasteiger partial charge < -0.3 is 42.6 Å². The first kappa shape index (κ1) is 97.8. The smallest absolute Gasteiger partial charge is 0.161 e. The fourth-order valence-electron chi connectivity index (χ4n) is 14.1. The number of para-hydroxylation sites is 4. The molecule has 8 heterocycles. The molecular weight excluding hydrogens is 1720 g/mol. The van der Waals surface area contributed by atoms with Crippen molar-refractivity contribution in [1.82, 2.24) is 68.5 Å². The second-order valence-corrected chi connectivity index (χ2v) is 36.7. The fourth-order valence-corrected chi connectivity index (χ4v) is 14.5. The average Bonchev–Trinajstić information content (AvgIpc) is 1.62. The van der Waals surface area contributed by atoms with Crippen molar-refractivity contribution in [3.05, 3.63) is 246 Å². The van der Waals surface area contributed by atoms with Crippen molar-refractivity contribution in [2.75, 3.05) is 39.6 Å². The summed E-state index contributed by atoms with van der Waals surface area (Å²) in [5, 5.41) is 36.9. The summed E-state index contributed by atoms with van der Waals surface area (Å²) in [5.41, 5.74) is 13.0.